The van der Waals surface area contributed by atoms with Crippen LogP contribution in [0.5, 0.6) is 5.75 Å². The van der Waals surface area contributed by atoms with Gasteiger partial charge in [0.25, 0.3) is 0 Å². The molecule has 0 unspecified atom stereocenters. The van der Waals surface area contributed by atoms with Gasteiger partial charge in [-0.05, 0) is 5.56 Å². The summed E-state index contributed by atoms with van der Waals surface area (Å²) in [7, 11) is 0. The van der Waals surface area contributed by atoms with Crippen LogP contribution in [0.25, 0.3) is 0 Å². The van der Waals surface area contributed by atoms with E-state index < -0.39 is 11.6 Å². The molecule has 25 heavy (non-hydrogen) atoms. The summed E-state index contributed by atoms with van der Waals surface area (Å²) < 4.78 is 39.5. The number of rotatable bonds is 7. The number of nitrogens with one attached hydrogen (secondary N) is 1. The molecule has 1 saturated heterocycles. The minimum Gasteiger partial charge on any atom is -0.491 e. The molecule has 6 heteroatoms. The van der Waals surface area contributed by atoms with E-state index in [1.54, 1.807) is 4.90 Å². The van der Waals surface area contributed by atoms with Gasteiger partial charge in [-0.2, -0.15) is 0 Å². The summed E-state index contributed by atoms with van der Waals surface area (Å²) in [6.45, 7) is 3.67. The number of nitrogens with zero attached hydrogens (tertiary/aromatic N) is 1. The van der Waals surface area contributed by atoms with Crippen molar-refractivity contribution in [2.45, 2.75) is 6.61 Å². The van der Waals surface area contributed by atoms with Gasteiger partial charge in [-0.1, -0.05) is 30.3 Å². The lowest BCUT2D eigenvalue weighted by Gasteiger charge is -2.30. The van der Waals surface area contributed by atoms with Crippen molar-refractivity contribution in [1.82, 2.24) is 5.32 Å². The Balaban J connectivity index is 1.49. The molecule has 1 heterocycles. The zero-order valence-corrected chi connectivity index (χ0v) is 14.0. The average Bonchev–Trinajstić information content (AvgIpc) is 2.63. The maximum atomic E-state index is 14.3. The standard InChI is InChI=1S/C19H22F2N2O2/c20-17-12-16(13-18(21)19(17)23-8-6-22-7-9-23)25-11-10-24-14-15-4-2-1-3-5-15/h1-5,12-13,22H,6-11,14H2. The van der Waals surface area contributed by atoms with Gasteiger partial charge in [0.15, 0.2) is 11.6 Å². The van der Waals surface area contributed by atoms with E-state index in [1.807, 2.05) is 30.3 Å². The molecule has 0 aliphatic carbocycles. The molecule has 0 bridgehead atoms. The van der Waals surface area contributed by atoms with Gasteiger partial charge in [-0.25, -0.2) is 8.78 Å². The number of ether oxygens (including phenoxy) is 2. The Morgan fingerprint density at radius 1 is 0.960 bits per heavy atom. The second-order valence-electron chi connectivity index (χ2n) is 5.86. The molecule has 2 aromatic rings. The third-order valence-corrected chi connectivity index (χ3v) is 4.03. The first kappa shape index (κ1) is 17.6. The molecule has 1 fully saturated rings. The maximum absolute atomic E-state index is 14.3. The first-order valence-electron chi connectivity index (χ1n) is 8.43. The van der Waals surface area contributed by atoms with Crippen molar-refractivity contribution in [2.75, 3.05) is 44.3 Å². The van der Waals surface area contributed by atoms with Crippen LogP contribution in [0.2, 0.25) is 0 Å². The van der Waals surface area contributed by atoms with Gasteiger partial charge < -0.3 is 19.7 Å². The molecular weight excluding hydrogens is 326 g/mol. The molecule has 4 nitrogen and oxygen atoms in total. The highest BCUT2D eigenvalue weighted by atomic mass is 19.1. The Bertz CT molecular complexity index is 653. The summed E-state index contributed by atoms with van der Waals surface area (Å²) in [4.78, 5) is 1.72. The molecule has 0 amide bonds. The van der Waals surface area contributed by atoms with Crippen LogP contribution in [0.1, 0.15) is 5.56 Å². The van der Waals surface area contributed by atoms with E-state index in [4.69, 9.17) is 9.47 Å². The fraction of sp³-hybridized carbons (Fsp3) is 0.368. The van der Waals surface area contributed by atoms with Crippen molar-refractivity contribution in [3.05, 3.63) is 59.7 Å². The molecule has 134 valence electrons. The van der Waals surface area contributed by atoms with Crippen LogP contribution < -0.4 is 15.0 Å². The summed E-state index contributed by atoms with van der Waals surface area (Å²) in [5, 5.41) is 3.16. The Kier molecular flexibility index (Phi) is 6.19. The molecule has 3 rings (SSSR count). The summed E-state index contributed by atoms with van der Waals surface area (Å²) in [6.07, 6.45) is 0. The van der Waals surface area contributed by atoms with E-state index in [9.17, 15) is 8.78 Å². The predicted molar refractivity (Wildman–Crippen MR) is 93.0 cm³/mol. The largest absolute Gasteiger partial charge is 0.491 e. The molecule has 0 aromatic heterocycles. The first-order chi connectivity index (χ1) is 12.2. The number of hydrogen-bond acceptors (Lipinski definition) is 4. The van der Waals surface area contributed by atoms with E-state index in [0.717, 1.165) is 18.7 Å². The van der Waals surface area contributed by atoms with Crippen molar-refractivity contribution in [2.24, 2.45) is 0 Å². The van der Waals surface area contributed by atoms with E-state index in [-0.39, 0.29) is 18.0 Å². The lowest BCUT2D eigenvalue weighted by atomic mass is 10.2. The fourth-order valence-electron chi connectivity index (χ4n) is 2.80. The predicted octanol–water partition coefficient (Wildman–Crippen LogP) is 2.97. The number of halogens is 2. The average molecular weight is 348 g/mol. The molecule has 0 atom stereocenters. The van der Waals surface area contributed by atoms with E-state index in [0.29, 0.717) is 26.3 Å². The van der Waals surface area contributed by atoms with Crippen molar-refractivity contribution in [1.29, 1.82) is 0 Å². The van der Waals surface area contributed by atoms with Gasteiger partial charge in [0.2, 0.25) is 0 Å². The third-order valence-electron chi connectivity index (χ3n) is 4.03. The monoisotopic (exact) mass is 348 g/mol. The minimum atomic E-state index is -0.595. The zero-order valence-electron chi connectivity index (χ0n) is 14.0. The van der Waals surface area contributed by atoms with Crippen LogP contribution in [0.3, 0.4) is 0 Å². The molecule has 2 aromatic carbocycles. The van der Waals surface area contributed by atoms with Gasteiger partial charge in [0.05, 0.1) is 13.2 Å². The molecule has 0 saturated carbocycles. The topological polar surface area (TPSA) is 33.7 Å². The fourth-order valence-corrected chi connectivity index (χ4v) is 2.80. The van der Waals surface area contributed by atoms with Gasteiger partial charge in [-0.3, -0.25) is 0 Å². The molecule has 1 N–H and O–H groups in total. The highest BCUT2D eigenvalue weighted by Crippen LogP contribution is 2.28. The van der Waals surface area contributed by atoms with Crippen molar-refractivity contribution < 1.29 is 18.3 Å². The quantitative estimate of drug-likeness (QED) is 0.780. The molecule has 0 spiro atoms. The van der Waals surface area contributed by atoms with Crippen LogP contribution in [0.4, 0.5) is 14.5 Å². The summed E-state index contributed by atoms with van der Waals surface area (Å²) in [6, 6.07) is 12.2. The third kappa shape index (κ3) is 4.90. The highest BCUT2D eigenvalue weighted by Gasteiger charge is 2.20. The zero-order chi connectivity index (χ0) is 17.5. The van der Waals surface area contributed by atoms with E-state index in [1.165, 1.54) is 12.1 Å². The summed E-state index contributed by atoms with van der Waals surface area (Å²) in [5.41, 5.74) is 1.09. The Labute approximate surface area is 146 Å². The van der Waals surface area contributed by atoms with Crippen LogP contribution >= 0.6 is 0 Å². The summed E-state index contributed by atoms with van der Waals surface area (Å²) in [5.74, 6) is -1.01. The van der Waals surface area contributed by atoms with Crippen molar-refractivity contribution >= 4 is 5.69 Å². The smallest absolute Gasteiger partial charge is 0.153 e. The van der Waals surface area contributed by atoms with Gasteiger partial charge in [0, 0.05) is 38.3 Å². The highest BCUT2D eigenvalue weighted by molar-refractivity contribution is 5.52. The van der Waals surface area contributed by atoms with Crippen LogP contribution in [0, 0.1) is 11.6 Å². The summed E-state index contributed by atoms with van der Waals surface area (Å²) >= 11 is 0. The number of piperazine rings is 1. The van der Waals surface area contributed by atoms with Crippen LogP contribution in [-0.2, 0) is 11.3 Å². The number of benzene rings is 2. The molecule has 1 aliphatic rings. The van der Waals surface area contributed by atoms with Crippen molar-refractivity contribution in [3.63, 3.8) is 0 Å². The normalized spacial score (nSPS) is 14.6. The van der Waals surface area contributed by atoms with E-state index in [2.05, 4.69) is 5.32 Å². The maximum Gasteiger partial charge on any atom is 0.153 e. The Morgan fingerprint density at radius 2 is 1.64 bits per heavy atom. The van der Waals surface area contributed by atoms with Crippen LogP contribution in [-0.4, -0.2) is 39.4 Å². The SMILES string of the molecule is Fc1cc(OCCOCc2ccccc2)cc(F)c1N1CCNCC1. The number of anilines is 1. The first-order valence-corrected chi connectivity index (χ1v) is 8.43. The van der Waals surface area contributed by atoms with E-state index >= 15 is 0 Å². The molecule has 1 aliphatic heterocycles. The minimum absolute atomic E-state index is 0.0224. The van der Waals surface area contributed by atoms with Gasteiger partial charge in [0.1, 0.15) is 18.0 Å². The second kappa shape index (κ2) is 8.78. The number of hydrogen-bond donors (Lipinski definition) is 1. The second-order valence-corrected chi connectivity index (χ2v) is 5.86. The van der Waals surface area contributed by atoms with Gasteiger partial charge in [-0.15, -0.1) is 0 Å². The Morgan fingerprint density at radius 3 is 2.32 bits per heavy atom. The lowest BCUT2D eigenvalue weighted by Crippen LogP contribution is -2.44. The van der Waals surface area contributed by atoms with Crippen molar-refractivity contribution in [3.8, 4) is 5.75 Å². The Hall–Kier alpha value is -2.18. The molecule has 0 radical (unpaired) electrons. The van der Waals surface area contributed by atoms with Crippen LogP contribution in [0.15, 0.2) is 42.5 Å². The van der Waals surface area contributed by atoms with Gasteiger partial charge >= 0.3 is 0 Å². The molecular formula is C19H22F2N2O2. The lowest BCUT2D eigenvalue weighted by molar-refractivity contribution is 0.0887.